The SMILES string of the molecule is CNC(=O)CNC(=O)c1cc(C)c(C=CC(=O)O)s1. The lowest BCUT2D eigenvalue weighted by atomic mass is 10.2. The first-order valence-corrected chi connectivity index (χ1v) is 6.26. The third kappa shape index (κ3) is 4.55. The summed E-state index contributed by atoms with van der Waals surface area (Å²) in [6, 6.07) is 1.66. The molecular formula is C12H14N2O4S. The van der Waals surface area contributed by atoms with Crippen LogP contribution in [0.4, 0.5) is 0 Å². The molecule has 102 valence electrons. The van der Waals surface area contributed by atoms with Crippen LogP contribution in [0.25, 0.3) is 6.08 Å². The molecule has 0 aromatic carbocycles. The molecule has 0 aliphatic rings. The standard InChI is InChI=1S/C12H14N2O4S/c1-7-5-9(12(18)14-6-10(15)13-2)19-8(7)3-4-11(16)17/h3-5H,6H2,1-2H3,(H,13,15)(H,14,18)(H,16,17). The van der Waals surface area contributed by atoms with Crippen molar-refractivity contribution in [2.45, 2.75) is 6.92 Å². The third-order valence-electron chi connectivity index (χ3n) is 2.25. The maximum Gasteiger partial charge on any atom is 0.328 e. The van der Waals surface area contributed by atoms with Crippen molar-refractivity contribution in [3.05, 3.63) is 27.5 Å². The van der Waals surface area contributed by atoms with Gasteiger partial charge in [0.2, 0.25) is 5.91 Å². The number of aryl methyl sites for hydroxylation is 1. The molecule has 7 heteroatoms. The summed E-state index contributed by atoms with van der Waals surface area (Å²) in [5.41, 5.74) is 0.813. The Kier molecular flexibility index (Phi) is 5.25. The highest BCUT2D eigenvalue weighted by Gasteiger charge is 2.12. The van der Waals surface area contributed by atoms with Gasteiger partial charge in [0.1, 0.15) is 0 Å². The topological polar surface area (TPSA) is 95.5 Å². The van der Waals surface area contributed by atoms with Gasteiger partial charge >= 0.3 is 5.97 Å². The molecule has 2 amide bonds. The second-order valence-corrected chi connectivity index (χ2v) is 4.77. The number of hydrogen-bond acceptors (Lipinski definition) is 4. The van der Waals surface area contributed by atoms with E-state index in [2.05, 4.69) is 10.6 Å². The zero-order valence-electron chi connectivity index (χ0n) is 10.5. The van der Waals surface area contributed by atoms with Crippen molar-refractivity contribution >= 4 is 35.2 Å². The predicted octanol–water partition coefficient (Wildman–Crippen LogP) is 0.630. The van der Waals surface area contributed by atoms with Crippen molar-refractivity contribution < 1.29 is 19.5 Å². The number of carboxylic acid groups (broad SMARTS) is 1. The zero-order valence-corrected chi connectivity index (χ0v) is 11.3. The summed E-state index contributed by atoms with van der Waals surface area (Å²) in [6.07, 6.45) is 2.46. The fourth-order valence-corrected chi connectivity index (χ4v) is 2.25. The molecule has 0 aliphatic heterocycles. The minimum Gasteiger partial charge on any atom is -0.478 e. The Hall–Kier alpha value is -2.15. The summed E-state index contributed by atoms with van der Waals surface area (Å²) in [7, 11) is 1.48. The molecule has 1 aromatic rings. The number of rotatable bonds is 5. The summed E-state index contributed by atoms with van der Waals surface area (Å²) in [6.45, 7) is 1.69. The first-order chi connectivity index (χ1) is 8.93. The van der Waals surface area contributed by atoms with E-state index < -0.39 is 5.97 Å². The lowest BCUT2D eigenvalue weighted by Crippen LogP contribution is -2.34. The molecule has 0 unspecified atom stereocenters. The van der Waals surface area contributed by atoms with Crippen molar-refractivity contribution in [1.29, 1.82) is 0 Å². The highest BCUT2D eigenvalue weighted by atomic mass is 32.1. The van der Waals surface area contributed by atoms with Crippen LogP contribution >= 0.6 is 11.3 Å². The number of thiophene rings is 1. The van der Waals surface area contributed by atoms with Gasteiger partial charge in [-0.1, -0.05) is 0 Å². The normalized spacial score (nSPS) is 10.4. The average Bonchev–Trinajstić information content (AvgIpc) is 2.74. The molecule has 6 nitrogen and oxygen atoms in total. The van der Waals surface area contributed by atoms with Crippen LogP contribution in [0, 0.1) is 6.92 Å². The van der Waals surface area contributed by atoms with E-state index in [9.17, 15) is 14.4 Å². The number of aliphatic carboxylic acids is 1. The van der Waals surface area contributed by atoms with Gasteiger partial charge < -0.3 is 15.7 Å². The maximum absolute atomic E-state index is 11.7. The highest BCUT2D eigenvalue weighted by Crippen LogP contribution is 2.23. The van der Waals surface area contributed by atoms with E-state index in [1.54, 1.807) is 13.0 Å². The lowest BCUT2D eigenvalue weighted by Gasteiger charge is -2.01. The fourth-order valence-electron chi connectivity index (χ4n) is 1.26. The van der Waals surface area contributed by atoms with E-state index in [0.717, 1.165) is 11.6 Å². The van der Waals surface area contributed by atoms with Crippen molar-refractivity contribution in [3.63, 3.8) is 0 Å². The Bertz CT molecular complexity index is 534. The fraction of sp³-hybridized carbons (Fsp3) is 0.250. The van der Waals surface area contributed by atoms with Gasteiger partial charge in [-0.3, -0.25) is 9.59 Å². The number of hydrogen-bond donors (Lipinski definition) is 3. The van der Waals surface area contributed by atoms with Gasteiger partial charge in [0.15, 0.2) is 0 Å². The van der Waals surface area contributed by atoms with Crippen LogP contribution in [0.5, 0.6) is 0 Å². The van der Waals surface area contributed by atoms with Crippen LogP contribution in [0.2, 0.25) is 0 Å². The van der Waals surface area contributed by atoms with Gasteiger partial charge in [0.25, 0.3) is 5.91 Å². The predicted molar refractivity (Wildman–Crippen MR) is 72.1 cm³/mol. The second kappa shape index (κ2) is 6.69. The van der Waals surface area contributed by atoms with Gasteiger partial charge in [0, 0.05) is 18.0 Å². The van der Waals surface area contributed by atoms with Crippen LogP contribution in [0.1, 0.15) is 20.1 Å². The molecule has 0 saturated carbocycles. The Balaban J connectivity index is 2.74. The molecule has 0 radical (unpaired) electrons. The molecule has 0 aliphatic carbocycles. The smallest absolute Gasteiger partial charge is 0.328 e. The van der Waals surface area contributed by atoms with E-state index in [4.69, 9.17) is 5.11 Å². The summed E-state index contributed by atoms with van der Waals surface area (Å²) >= 11 is 1.17. The average molecular weight is 282 g/mol. The number of carbonyl (C=O) groups is 3. The Morgan fingerprint density at radius 2 is 2.11 bits per heavy atom. The first kappa shape index (κ1) is 14.9. The third-order valence-corrected chi connectivity index (χ3v) is 3.45. The van der Waals surface area contributed by atoms with E-state index in [-0.39, 0.29) is 18.4 Å². The summed E-state index contributed by atoms with van der Waals surface area (Å²) in [5.74, 6) is -1.68. The zero-order chi connectivity index (χ0) is 14.4. The number of carboxylic acids is 1. The molecular weight excluding hydrogens is 268 g/mol. The van der Waals surface area contributed by atoms with Gasteiger partial charge in [0.05, 0.1) is 11.4 Å². The van der Waals surface area contributed by atoms with Crippen LogP contribution in [-0.2, 0) is 9.59 Å². The van der Waals surface area contributed by atoms with Gasteiger partial charge in [-0.25, -0.2) is 4.79 Å². The van der Waals surface area contributed by atoms with Crippen molar-refractivity contribution in [2.75, 3.05) is 13.6 Å². The van der Waals surface area contributed by atoms with Crippen molar-refractivity contribution in [1.82, 2.24) is 10.6 Å². The van der Waals surface area contributed by atoms with Gasteiger partial charge in [-0.2, -0.15) is 0 Å². The van der Waals surface area contributed by atoms with E-state index in [1.807, 2.05) is 0 Å². The molecule has 19 heavy (non-hydrogen) atoms. The molecule has 1 heterocycles. The molecule has 0 fully saturated rings. The minimum absolute atomic E-state index is 0.0907. The molecule has 0 saturated heterocycles. The molecule has 0 spiro atoms. The van der Waals surface area contributed by atoms with E-state index in [1.165, 1.54) is 24.5 Å². The van der Waals surface area contributed by atoms with Crippen molar-refractivity contribution in [3.8, 4) is 0 Å². The molecule has 1 rings (SSSR count). The Morgan fingerprint density at radius 1 is 1.42 bits per heavy atom. The monoisotopic (exact) mass is 282 g/mol. The molecule has 3 N–H and O–H groups in total. The second-order valence-electron chi connectivity index (χ2n) is 3.69. The molecule has 0 atom stereocenters. The minimum atomic E-state index is -1.04. The Labute approximate surface area is 114 Å². The summed E-state index contributed by atoms with van der Waals surface area (Å²) < 4.78 is 0. The molecule has 1 aromatic heterocycles. The van der Waals surface area contributed by atoms with E-state index in [0.29, 0.717) is 9.75 Å². The number of carbonyl (C=O) groups excluding carboxylic acids is 2. The van der Waals surface area contributed by atoms with Crippen molar-refractivity contribution in [2.24, 2.45) is 0 Å². The Morgan fingerprint density at radius 3 is 2.68 bits per heavy atom. The highest BCUT2D eigenvalue weighted by molar-refractivity contribution is 7.15. The van der Waals surface area contributed by atoms with E-state index >= 15 is 0 Å². The van der Waals surface area contributed by atoms with Crippen LogP contribution in [-0.4, -0.2) is 36.5 Å². The quantitative estimate of drug-likeness (QED) is 0.690. The van der Waals surface area contributed by atoms with Crippen LogP contribution < -0.4 is 10.6 Å². The molecule has 0 bridgehead atoms. The first-order valence-electron chi connectivity index (χ1n) is 5.44. The van der Waals surface area contributed by atoms with Crippen LogP contribution in [0.3, 0.4) is 0 Å². The summed E-state index contributed by atoms with van der Waals surface area (Å²) in [5, 5.41) is 13.4. The largest absolute Gasteiger partial charge is 0.478 e. The lowest BCUT2D eigenvalue weighted by molar-refractivity contribution is -0.131. The van der Waals surface area contributed by atoms with Crippen LogP contribution in [0.15, 0.2) is 12.1 Å². The number of likely N-dealkylation sites (N-methyl/N-ethyl adjacent to an activating group) is 1. The van der Waals surface area contributed by atoms with Gasteiger partial charge in [-0.15, -0.1) is 11.3 Å². The van der Waals surface area contributed by atoms with Gasteiger partial charge in [-0.05, 0) is 24.6 Å². The number of nitrogens with one attached hydrogen (secondary N) is 2. The summed E-state index contributed by atoms with van der Waals surface area (Å²) in [4.78, 5) is 34.3. The number of amides is 2. The maximum atomic E-state index is 11.7.